The number of carboxylic acid groups (broad SMARTS) is 1. The highest BCUT2D eigenvalue weighted by atomic mass is 16.5. The van der Waals surface area contributed by atoms with Crippen molar-refractivity contribution in [2.75, 3.05) is 13.7 Å². The quantitative estimate of drug-likeness (QED) is 0.615. The van der Waals surface area contributed by atoms with E-state index >= 15 is 0 Å². The molecule has 2 amide bonds. The third-order valence-electron chi connectivity index (χ3n) is 3.27. The number of carbonyl (C=O) groups excluding carboxylic acids is 2. The van der Waals surface area contributed by atoms with E-state index in [9.17, 15) is 14.4 Å². The number of carbonyl (C=O) groups is 3. The van der Waals surface area contributed by atoms with E-state index in [0.717, 1.165) is 12.8 Å². The molecule has 0 saturated heterocycles. The molecule has 7 nitrogen and oxygen atoms in total. The Bertz CT molecular complexity index is 350. The van der Waals surface area contributed by atoms with Crippen LogP contribution in [0.4, 0.5) is 4.79 Å². The highest BCUT2D eigenvalue weighted by molar-refractivity contribution is 5.77. The molecule has 0 aromatic heterocycles. The summed E-state index contributed by atoms with van der Waals surface area (Å²) in [5.74, 6) is -1.32. The molecular weight excluding hydrogens is 252 g/mol. The lowest BCUT2D eigenvalue weighted by molar-refractivity contribution is -0.140. The van der Waals surface area contributed by atoms with Gasteiger partial charge in [0.15, 0.2) is 0 Å². The fourth-order valence-electron chi connectivity index (χ4n) is 2.35. The van der Waals surface area contributed by atoms with Gasteiger partial charge in [-0.2, -0.15) is 0 Å². The van der Waals surface area contributed by atoms with Crippen LogP contribution in [-0.4, -0.2) is 42.3 Å². The highest BCUT2D eigenvalue weighted by Crippen LogP contribution is 2.32. The van der Waals surface area contributed by atoms with E-state index in [1.807, 2.05) is 0 Å². The van der Waals surface area contributed by atoms with Crippen LogP contribution in [0.1, 0.15) is 38.5 Å². The maximum Gasteiger partial charge on any atom is 0.315 e. The van der Waals surface area contributed by atoms with E-state index in [-0.39, 0.29) is 19.4 Å². The van der Waals surface area contributed by atoms with E-state index in [2.05, 4.69) is 15.4 Å². The molecule has 0 aromatic carbocycles. The predicted octanol–water partition coefficient (Wildman–Crippen LogP) is 0.636. The van der Waals surface area contributed by atoms with E-state index in [1.54, 1.807) is 0 Å². The van der Waals surface area contributed by atoms with E-state index in [1.165, 1.54) is 7.11 Å². The van der Waals surface area contributed by atoms with Crippen LogP contribution in [0.2, 0.25) is 0 Å². The molecule has 108 valence electrons. The zero-order valence-electron chi connectivity index (χ0n) is 11.0. The Morgan fingerprint density at radius 1 is 1.26 bits per heavy atom. The molecule has 0 aliphatic heterocycles. The van der Waals surface area contributed by atoms with Crippen LogP contribution in [0, 0.1) is 0 Å². The van der Waals surface area contributed by atoms with Gasteiger partial charge in [-0.25, -0.2) is 4.79 Å². The SMILES string of the molecule is COC(=O)CCNC(=O)NC1(CC(=O)O)CCCC1. The zero-order chi connectivity index (χ0) is 14.3. The third-order valence-corrected chi connectivity index (χ3v) is 3.27. The molecule has 19 heavy (non-hydrogen) atoms. The van der Waals surface area contributed by atoms with Crippen LogP contribution in [0.25, 0.3) is 0 Å². The number of hydrogen-bond acceptors (Lipinski definition) is 4. The summed E-state index contributed by atoms with van der Waals surface area (Å²) in [6.45, 7) is 0.168. The number of methoxy groups -OCH3 is 1. The lowest BCUT2D eigenvalue weighted by Gasteiger charge is -2.28. The van der Waals surface area contributed by atoms with Crippen LogP contribution in [0.15, 0.2) is 0 Å². The maximum absolute atomic E-state index is 11.7. The summed E-state index contributed by atoms with van der Waals surface area (Å²) in [5, 5.41) is 14.2. The second-order valence-electron chi connectivity index (χ2n) is 4.76. The summed E-state index contributed by atoms with van der Waals surface area (Å²) < 4.78 is 4.45. The molecule has 0 aromatic rings. The molecule has 1 fully saturated rings. The number of nitrogens with one attached hydrogen (secondary N) is 2. The van der Waals surface area contributed by atoms with E-state index < -0.39 is 23.5 Å². The smallest absolute Gasteiger partial charge is 0.315 e. The Morgan fingerprint density at radius 2 is 1.89 bits per heavy atom. The first-order valence-corrected chi connectivity index (χ1v) is 6.32. The Balaban J connectivity index is 2.39. The van der Waals surface area contributed by atoms with E-state index in [0.29, 0.717) is 12.8 Å². The van der Waals surface area contributed by atoms with Gasteiger partial charge in [-0.1, -0.05) is 12.8 Å². The van der Waals surface area contributed by atoms with Gasteiger partial charge in [0.25, 0.3) is 0 Å². The van der Waals surface area contributed by atoms with Gasteiger partial charge in [-0.05, 0) is 12.8 Å². The number of hydrogen-bond donors (Lipinski definition) is 3. The first-order chi connectivity index (χ1) is 8.97. The van der Waals surface area contributed by atoms with Gasteiger partial charge in [0.05, 0.1) is 25.5 Å². The Morgan fingerprint density at radius 3 is 2.42 bits per heavy atom. The average Bonchev–Trinajstić information content (AvgIpc) is 2.75. The van der Waals surface area contributed by atoms with Crippen molar-refractivity contribution in [3.63, 3.8) is 0 Å². The summed E-state index contributed by atoms with van der Waals surface area (Å²) in [4.78, 5) is 33.4. The third kappa shape index (κ3) is 5.15. The average molecular weight is 272 g/mol. The first kappa shape index (κ1) is 15.3. The molecule has 1 aliphatic rings. The fourth-order valence-corrected chi connectivity index (χ4v) is 2.35. The summed E-state index contributed by atoms with van der Waals surface area (Å²) in [7, 11) is 1.28. The number of aliphatic carboxylic acids is 1. The van der Waals surface area contributed by atoms with Crippen molar-refractivity contribution in [3.05, 3.63) is 0 Å². The second kappa shape index (κ2) is 6.96. The number of esters is 1. The summed E-state index contributed by atoms with van der Waals surface area (Å²) >= 11 is 0. The number of ether oxygens (including phenoxy) is 1. The van der Waals surface area contributed by atoms with Gasteiger partial charge in [0.1, 0.15) is 0 Å². The minimum atomic E-state index is -0.920. The fraction of sp³-hybridized carbons (Fsp3) is 0.750. The number of urea groups is 1. The van der Waals surface area contributed by atoms with Crippen molar-refractivity contribution in [1.29, 1.82) is 0 Å². The van der Waals surface area contributed by atoms with Crippen molar-refractivity contribution in [3.8, 4) is 0 Å². The van der Waals surface area contributed by atoms with Crippen LogP contribution in [-0.2, 0) is 14.3 Å². The molecule has 1 aliphatic carbocycles. The van der Waals surface area contributed by atoms with Gasteiger partial charge < -0.3 is 20.5 Å². The standard InChI is InChI=1S/C12H20N2O5/c1-19-10(17)4-7-13-11(18)14-12(8-9(15)16)5-2-3-6-12/h2-8H2,1H3,(H,15,16)(H2,13,14,18). The van der Waals surface area contributed by atoms with Gasteiger partial charge in [0, 0.05) is 6.54 Å². The van der Waals surface area contributed by atoms with Crippen molar-refractivity contribution in [2.24, 2.45) is 0 Å². The first-order valence-electron chi connectivity index (χ1n) is 6.32. The molecular formula is C12H20N2O5. The zero-order valence-corrected chi connectivity index (χ0v) is 11.0. The maximum atomic E-state index is 11.7. The largest absolute Gasteiger partial charge is 0.481 e. The van der Waals surface area contributed by atoms with Crippen LogP contribution in [0.5, 0.6) is 0 Å². The van der Waals surface area contributed by atoms with Crippen molar-refractivity contribution in [2.45, 2.75) is 44.1 Å². The van der Waals surface area contributed by atoms with Crippen molar-refractivity contribution in [1.82, 2.24) is 10.6 Å². The van der Waals surface area contributed by atoms with Crippen LogP contribution < -0.4 is 10.6 Å². The number of amides is 2. The van der Waals surface area contributed by atoms with Crippen LogP contribution in [0.3, 0.4) is 0 Å². The number of carboxylic acids is 1. The normalized spacial score (nSPS) is 16.7. The molecule has 0 unspecified atom stereocenters. The second-order valence-corrected chi connectivity index (χ2v) is 4.76. The molecule has 0 spiro atoms. The monoisotopic (exact) mass is 272 g/mol. The van der Waals surface area contributed by atoms with Gasteiger partial charge in [-0.3, -0.25) is 9.59 Å². The molecule has 0 radical (unpaired) electrons. The summed E-state index contributed by atoms with van der Waals surface area (Å²) in [6.07, 6.45) is 3.19. The van der Waals surface area contributed by atoms with Gasteiger partial charge >= 0.3 is 18.0 Å². The molecule has 0 heterocycles. The minimum absolute atomic E-state index is 0.0720. The summed E-state index contributed by atoms with van der Waals surface area (Å²) in [5.41, 5.74) is -0.652. The Labute approximate surface area is 111 Å². The van der Waals surface area contributed by atoms with Crippen molar-refractivity contribution < 1.29 is 24.2 Å². The summed E-state index contributed by atoms with van der Waals surface area (Å²) in [6, 6.07) is -0.438. The Hall–Kier alpha value is -1.79. The lowest BCUT2D eigenvalue weighted by atomic mass is 9.93. The predicted molar refractivity (Wildman–Crippen MR) is 66.6 cm³/mol. The van der Waals surface area contributed by atoms with Crippen LogP contribution >= 0.6 is 0 Å². The lowest BCUT2D eigenvalue weighted by Crippen LogP contribution is -2.51. The molecule has 7 heteroatoms. The van der Waals surface area contributed by atoms with E-state index in [4.69, 9.17) is 5.11 Å². The number of rotatable bonds is 6. The molecule has 0 bridgehead atoms. The topological polar surface area (TPSA) is 105 Å². The molecule has 1 rings (SSSR count). The molecule has 1 saturated carbocycles. The molecule has 0 atom stereocenters. The highest BCUT2D eigenvalue weighted by Gasteiger charge is 2.37. The minimum Gasteiger partial charge on any atom is -0.481 e. The van der Waals surface area contributed by atoms with Crippen molar-refractivity contribution >= 4 is 18.0 Å². The van der Waals surface area contributed by atoms with Gasteiger partial charge in [0.2, 0.25) is 0 Å². The Kier molecular flexibility index (Phi) is 5.59. The molecule has 3 N–H and O–H groups in total. The van der Waals surface area contributed by atoms with Gasteiger partial charge in [-0.15, -0.1) is 0 Å².